The van der Waals surface area contributed by atoms with Crippen LogP contribution in [0.25, 0.3) is 53.2 Å². The van der Waals surface area contributed by atoms with Gasteiger partial charge >= 0.3 is 0 Å². The molecule has 136 valence electrons. The largest absolute Gasteiger partial charge is 0.135 e. The second-order valence-corrected chi connectivity index (χ2v) is 8.44. The van der Waals surface area contributed by atoms with E-state index in [0.29, 0.717) is 0 Å². The molecule has 29 heavy (non-hydrogen) atoms. The highest BCUT2D eigenvalue weighted by molar-refractivity contribution is 7.22. The summed E-state index contributed by atoms with van der Waals surface area (Å²) in [6, 6.07) is 39.5. The van der Waals surface area contributed by atoms with Gasteiger partial charge in [-0.25, -0.2) is 0 Å². The van der Waals surface area contributed by atoms with Crippen LogP contribution >= 0.6 is 11.3 Å². The second kappa shape index (κ2) is 6.58. The van der Waals surface area contributed by atoms with Crippen LogP contribution in [0.4, 0.5) is 0 Å². The van der Waals surface area contributed by atoms with Gasteiger partial charge in [0.15, 0.2) is 0 Å². The molecule has 0 saturated carbocycles. The fourth-order valence-electron chi connectivity index (χ4n) is 4.41. The first-order valence-corrected chi connectivity index (χ1v) is 10.7. The zero-order chi connectivity index (χ0) is 19.2. The van der Waals surface area contributed by atoms with Crippen molar-refractivity contribution in [3.05, 3.63) is 109 Å². The van der Waals surface area contributed by atoms with Gasteiger partial charge in [-0.15, -0.1) is 11.3 Å². The van der Waals surface area contributed by atoms with E-state index in [1.807, 2.05) is 11.3 Å². The van der Waals surface area contributed by atoms with Crippen LogP contribution in [-0.4, -0.2) is 0 Å². The number of fused-ring (bicyclic) bond motifs is 3. The van der Waals surface area contributed by atoms with E-state index in [1.165, 1.54) is 53.2 Å². The molecule has 1 heteroatoms. The topological polar surface area (TPSA) is 0 Å². The number of rotatable bonds is 2. The summed E-state index contributed by atoms with van der Waals surface area (Å²) in [5, 5.41) is 6.57. The lowest BCUT2D eigenvalue weighted by atomic mass is 9.88. The lowest BCUT2D eigenvalue weighted by molar-refractivity contribution is 1.67. The van der Waals surface area contributed by atoms with Crippen LogP contribution in [0.1, 0.15) is 0 Å². The number of hydrogen-bond acceptors (Lipinski definition) is 1. The third-order valence-corrected chi connectivity index (χ3v) is 6.80. The van der Waals surface area contributed by atoms with Crippen molar-refractivity contribution in [3.63, 3.8) is 0 Å². The molecular weight excluding hydrogens is 368 g/mol. The molecule has 0 spiro atoms. The Morgan fingerprint density at radius 2 is 0.966 bits per heavy atom. The van der Waals surface area contributed by atoms with Gasteiger partial charge in [-0.2, -0.15) is 0 Å². The molecule has 0 aliphatic heterocycles. The van der Waals surface area contributed by atoms with Crippen molar-refractivity contribution in [2.45, 2.75) is 0 Å². The van der Waals surface area contributed by atoms with E-state index < -0.39 is 0 Å². The van der Waals surface area contributed by atoms with Crippen molar-refractivity contribution in [2.24, 2.45) is 0 Å². The standard InChI is InChI=1S/C28H18S/c1-2-10-19(11-3-1)27-21-13-5-7-15-23(21)28(24-16-8-6-14-22(24)27)26-18-20-12-4-9-17-25(20)29-26/h1-18H. The molecule has 1 aromatic heterocycles. The second-order valence-electron chi connectivity index (χ2n) is 7.36. The SMILES string of the molecule is c1ccc(-c2c3ccccc3c(-c3cc4ccccc4s3)c3ccccc23)cc1. The highest BCUT2D eigenvalue weighted by Crippen LogP contribution is 2.46. The van der Waals surface area contributed by atoms with Crippen LogP contribution in [0, 0.1) is 0 Å². The normalized spacial score (nSPS) is 11.4. The summed E-state index contributed by atoms with van der Waals surface area (Å²) in [5.74, 6) is 0. The zero-order valence-corrected chi connectivity index (χ0v) is 16.6. The summed E-state index contributed by atoms with van der Waals surface area (Å²) in [7, 11) is 0. The van der Waals surface area contributed by atoms with E-state index in [1.54, 1.807) is 0 Å². The Bertz CT molecular complexity index is 1400. The molecule has 0 N–H and O–H groups in total. The van der Waals surface area contributed by atoms with Gasteiger partial charge in [-0.1, -0.05) is 97.1 Å². The molecule has 0 aliphatic carbocycles. The maximum absolute atomic E-state index is 2.34. The van der Waals surface area contributed by atoms with Gasteiger partial charge in [0.05, 0.1) is 0 Å². The van der Waals surface area contributed by atoms with Gasteiger partial charge in [0.1, 0.15) is 0 Å². The number of thiophene rings is 1. The summed E-state index contributed by atoms with van der Waals surface area (Å²) >= 11 is 1.88. The minimum absolute atomic E-state index is 1.27. The van der Waals surface area contributed by atoms with E-state index in [4.69, 9.17) is 0 Å². The average Bonchev–Trinajstić information content (AvgIpc) is 3.21. The maximum Gasteiger partial charge on any atom is 0.0367 e. The van der Waals surface area contributed by atoms with Crippen LogP contribution in [0.5, 0.6) is 0 Å². The predicted octanol–water partition coefficient (Wildman–Crippen LogP) is 8.54. The van der Waals surface area contributed by atoms with E-state index in [9.17, 15) is 0 Å². The lowest BCUT2D eigenvalue weighted by Crippen LogP contribution is -1.89. The van der Waals surface area contributed by atoms with Gasteiger partial charge < -0.3 is 0 Å². The Kier molecular flexibility index (Phi) is 3.75. The number of benzene rings is 5. The molecule has 0 atom stereocenters. The minimum atomic E-state index is 1.27. The highest BCUT2D eigenvalue weighted by Gasteiger charge is 2.17. The molecule has 6 aromatic rings. The molecule has 6 rings (SSSR count). The molecule has 0 saturated heterocycles. The molecule has 0 aliphatic rings. The predicted molar refractivity (Wildman–Crippen MR) is 128 cm³/mol. The lowest BCUT2D eigenvalue weighted by Gasteiger charge is -2.16. The Labute approximate surface area is 173 Å². The van der Waals surface area contributed by atoms with E-state index >= 15 is 0 Å². The quantitative estimate of drug-likeness (QED) is 0.262. The molecule has 0 fully saturated rings. The van der Waals surface area contributed by atoms with Gasteiger partial charge in [0.2, 0.25) is 0 Å². The van der Waals surface area contributed by atoms with E-state index in [0.717, 1.165) is 0 Å². The summed E-state index contributed by atoms with van der Waals surface area (Å²) in [5.41, 5.74) is 3.93. The maximum atomic E-state index is 2.34. The smallest absolute Gasteiger partial charge is 0.0367 e. The Balaban J connectivity index is 1.81. The first-order valence-electron chi connectivity index (χ1n) is 9.88. The van der Waals surface area contributed by atoms with Gasteiger partial charge in [-0.05, 0) is 50.2 Å². The average molecular weight is 387 g/mol. The minimum Gasteiger partial charge on any atom is -0.135 e. The van der Waals surface area contributed by atoms with Crippen molar-refractivity contribution < 1.29 is 0 Å². The summed E-state index contributed by atoms with van der Waals surface area (Å²) in [6.45, 7) is 0. The molecule has 1 heterocycles. The Morgan fingerprint density at radius 3 is 1.59 bits per heavy atom. The Hall–Kier alpha value is -3.42. The molecule has 0 amide bonds. The van der Waals surface area contributed by atoms with Crippen molar-refractivity contribution in [2.75, 3.05) is 0 Å². The zero-order valence-electron chi connectivity index (χ0n) is 15.8. The van der Waals surface area contributed by atoms with Crippen molar-refractivity contribution in [1.29, 1.82) is 0 Å². The van der Waals surface area contributed by atoms with Crippen molar-refractivity contribution in [3.8, 4) is 21.6 Å². The number of hydrogen-bond donors (Lipinski definition) is 0. The highest BCUT2D eigenvalue weighted by atomic mass is 32.1. The van der Waals surface area contributed by atoms with Crippen LogP contribution in [-0.2, 0) is 0 Å². The fourth-order valence-corrected chi connectivity index (χ4v) is 5.55. The molecule has 0 radical (unpaired) electrons. The summed E-state index contributed by atoms with van der Waals surface area (Å²) in [6.07, 6.45) is 0. The van der Waals surface area contributed by atoms with Crippen LogP contribution in [0.3, 0.4) is 0 Å². The van der Waals surface area contributed by atoms with Crippen LogP contribution < -0.4 is 0 Å². The van der Waals surface area contributed by atoms with E-state index in [-0.39, 0.29) is 0 Å². The van der Waals surface area contributed by atoms with E-state index in [2.05, 4.69) is 109 Å². The van der Waals surface area contributed by atoms with Crippen LogP contribution in [0.15, 0.2) is 109 Å². The van der Waals surface area contributed by atoms with Gasteiger partial charge in [0, 0.05) is 15.1 Å². The fraction of sp³-hybridized carbons (Fsp3) is 0. The van der Waals surface area contributed by atoms with Crippen LogP contribution in [0.2, 0.25) is 0 Å². The van der Waals surface area contributed by atoms with Crippen molar-refractivity contribution >= 4 is 43.0 Å². The third kappa shape index (κ3) is 2.59. The monoisotopic (exact) mass is 386 g/mol. The molecule has 0 nitrogen and oxygen atoms in total. The Morgan fingerprint density at radius 1 is 0.448 bits per heavy atom. The first kappa shape index (κ1) is 16.5. The first-order chi connectivity index (χ1) is 14.4. The molecular formula is C28H18S. The van der Waals surface area contributed by atoms with Gasteiger partial charge in [-0.3, -0.25) is 0 Å². The molecule has 5 aromatic carbocycles. The summed E-state index contributed by atoms with van der Waals surface area (Å²) < 4.78 is 1.34. The molecule has 0 unspecified atom stereocenters. The third-order valence-electron chi connectivity index (χ3n) is 5.67. The van der Waals surface area contributed by atoms with Crippen molar-refractivity contribution in [1.82, 2.24) is 0 Å². The van der Waals surface area contributed by atoms with Gasteiger partial charge in [0.25, 0.3) is 0 Å². The molecule has 0 bridgehead atoms. The summed E-state index contributed by atoms with van der Waals surface area (Å²) in [4.78, 5) is 1.33.